The molecule has 98 valence electrons. The van der Waals surface area contributed by atoms with Crippen LogP contribution in [0.5, 0.6) is 0 Å². The molecule has 0 fully saturated rings. The number of esters is 1. The van der Waals surface area contributed by atoms with Crippen molar-refractivity contribution in [3.05, 3.63) is 42.2 Å². The molecule has 0 atom stereocenters. The summed E-state index contributed by atoms with van der Waals surface area (Å²) in [6, 6.07) is 6.85. The SMILES string of the molecule is CCOC(=O)CC(=O)c1cccc(-n2ccnn2)c1. The molecule has 0 amide bonds. The molecule has 1 heterocycles. The van der Waals surface area contributed by atoms with Crippen LogP contribution in [0.2, 0.25) is 0 Å². The van der Waals surface area contributed by atoms with Crippen molar-refractivity contribution in [2.24, 2.45) is 0 Å². The fourth-order valence-corrected chi connectivity index (χ4v) is 1.61. The first-order valence-electron chi connectivity index (χ1n) is 5.86. The minimum atomic E-state index is -0.515. The quantitative estimate of drug-likeness (QED) is 0.461. The Kier molecular flexibility index (Phi) is 4.02. The maximum Gasteiger partial charge on any atom is 0.313 e. The third-order valence-corrected chi connectivity index (χ3v) is 2.47. The van der Waals surface area contributed by atoms with Gasteiger partial charge in [-0.1, -0.05) is 17.3 Å². The van der Waals surface area contributed by atoms with Crippen LogP contribution in [0.25, 0.3) is 5.69 Å². The number of nitrogens with zero attached hydrogens (tertiary/aromatic N) is 3. The summed E-state index contributed by atoms with van der Waals surface area (Å²) in [5.74, 6) is -0.793. The van der Waals surface area contributed by atoms with Crippen molar-refractivity contribution in [1.29, 1.82) is 0 Å². The van der Waals surface area contributed by atoms with Gasteiger partial charge in [-0.2, -0.15) is 0 Å². The first-order chi connectivity index (χ1) is 9.20. The van der Waals surface area contributed by atoms with E-state index in [1.54, 1.807) is 48.3 Å². The minimum absolute atomic E-state index is 0.255. The molecular formula is C13H13N3O3. The highest BCUT2D eigenvalue weighted by Gasteiger charge is 2.13. The van der Waals surface area contributed by atoms with E-state index >= 15 is 0 Å². The van der Waals surface area contributed by atoms with E-state index in [4.69, 9.17) is 4.74 Å². The molecule has 0 aliphatic carbocycles. The van der Waals surface area contributed by atoms with Gasteiger partial charge in [0.2, 0.25) is 0 Å². The maximum atomic E-state index is 11.9. The van der Waals surface area contributed by atoms with Gasteiger partial charge in [0.05, 0.1) is 24.7 Å². The Morgan fingerprint density at radius 1 is 1.37 bits per heavy atom. The lowest BCUT2D eigenvalue weighted by atomic mass is 10.1. The zero-order chi connectivity index (χ0) is 13.7. The normalized spacial score (nSPS) is 10.2. The van der Waals surface area contributed by atoms with Crippen LogP contribution in [-0.4, -0.2) is 33.4 Å². The third kappa shape index (κ3) is 3.25. The summed E-state index contributed by atoms with van der Waals surface area (Å²) < 4.78 is 6.29. The van der Waals surface area contributed by atoms with Crippen LogP contribution in [0.4, 0.5) is 0 Å². The summed E-state index contributed by atoms with van der Waals surface area (Å²) in [5, 5.41) is 7.54. The van der Waals surface area contributed by atoms with Crippen LogP contribution in [0.1, 0.15) is 23.7 Å². The molecule has 0 radical (unpaired) electrons. The summed E-state index contributed by atoms with van der Waals surface area (Å²) in [6.07, 6.45) is 2.97. The van der Waals surface area contributed by atoms with Crippen molar-refractivity contribution in [2.45, 2.75) is 13.3 Å². The minimum Gasteiger partial charge on any atom is -0.466 e. The van der Waals surface area contributed by atoms with Gasteiger partial charge in [0, 0.05) is 5.56 Å². The van der Waals surface area contributed by atoms with E-state index in [0.717, 1.165) is 0 Å². The highest BCUT2D eigenvalue weighted by Crippen LogP contribution is 2.11. The first kappa shape index (κ1) is 12.9. The summed E-state index contributed by atoms with van der Waals surface area (Å²) in [4.78, 5) is 23.2. The van der Waals surface area contributed by atoms with Crippen molar-refractivity contribution >= 4 is 11.8 Å². The van der Waals surface area contributed by atoms with Crippen LogP contribution in [0.3, 0.4) is 0 Å². The van der Waals surface area contributed by atoms with E-state index in [-0.39, 0.29) is 18.8 Å². The van der Waals surface area contributed by atoms with Crippen molar-refractivity contribution in [1.82, 2.24) is 15.0 Å². The van der Waals surface area contributed by atoms with E-state index in [1.165, 1.54) is 0 Å². The van der Waals surface area contributed by atoms with Crippen molar-refractivity contribution < 1.29 is 14.3 Å². The molecule has 0 N–H and O–H groups in total. The van der Waals surface area contributed by atoms with Gasteiger partial charge >= 0.3 is 5.97 Å². The molecule has 0 spiro atoms. The fourth-order valence-electron chi connectivity index (χ4n) is 1.61. The smallest absolute Gasteiger partial charge is 0.313 e. The standard InChI is InChI=1S/C13H13N3O3/c1-2-19-13(18)9-12(17)10-4-3-5-11(8-10)16-7-6-14-15-16/h3-8H,2,9H2,1H3. The lowest BCUT2D eigenvalue weighted by Crippen LogP contribution is -2.11. The summed E-state index contributed by atoms with van der Waals surface area (Å²) in [6.45, 7) is 1.97. The topological polar surface area (TPSA) is 74.1 Å². The van der Waals surface area contributed by atoms with Gasteiger partial charge in [0.15, 0.2) is 5.78 Å². The van der Waals surface area contributed by atoms with E-state index in [2.05, 4.69) is 10.3 Å². The average molecular weight is 259 g/mol. The third-order valence-electron chi connectivity index (χ3n) is 2.47. The number of aromatic nitrogens is 3. The van der Waals surface area contributed by atoms with Gasteiger partial charge in [0.1, 0.15) is 6.42 Å². The molecule has 2 rings (SSSR count). The largest absolute Gasteiger partial charge is 0.466 e. The molecule has 1 aromatic carbocycles. The Hall–Kier alpha value is -2.50. The van der Waals surface area contributed by atoms with Crippen LogP contribution in [-0.2, 0) is 9.53 Å². The zero-order valence-corrected chi connectivity index (χ0v) is 10.4. The van der Waals surface area contributed by atoms with Crippen molar-refractivity contribution in [3.63, 3.8) is 0 Å². The first-order valence-corrected chi connectivity index (χ1v) is 5.86. The van der Waals surface area contributed by atoms with Crippen molar-refractivity contribution in [3.8, 4) is 5.69 Å². The number of hydrogen-bond donors (Lipinski definition) is 0. The van der Waals surface area contributed by atoms with E-state index in [9.17, 15) is 9.59 Å². The van der Waals surface area contributed by atoms with Gasteiger partial charge in [-0.3, -0.25) is 9.59 Å². The number of ketones is 1. The predicted octanol–water partition coefficient (Wildman–Crippen LogP) is 1.40. The number of ether oxygens (including phenoxy) is 1. The maximum absolute atomic E-state index is 11.9. The Labute approximate surface area is 110 Å². The van der Waals surface area contributed by atoms with Gasteiger partial charge in [-0.25, -0.2) is 4.68 Å². The molecule has 0 aliphatic rings. The van der Waals surface area contributed by atoms with E-state index in [0.29, 0.717) is 11.3 Å². The van der Waals surface area contributed by atoms with Gasteiger partial charge in [-0.15, -0.1) is 5.10 Å². The molecule has 6 nitrogen and oxygen atoms in total. The molecular weight excluding hydrogens is 246 g/mol. The van der Waals surface area contributed by atoms with Crippen LogP contribution >= 0.6 is 0 Å². The second-order valence-electron chi connectivity index (χ2n) is 3.80. The molecule has 19 heavy (non-hydrogen) atoms. The fraction of sp³-hybridized carbons (Fsp3) is 0.231. The lowest BCUT2D eigenvalue weighted by molar-refractivity contribution is -0.141. The average Bonchev–Trinajstić information content (AvgIpc) is 2.93. The second-order valence-corrected chi connectivity index (χ2v) is 3.80. The molecule has 0 unspecified atom stereocenters. The van der Waals surface area contributed by atoms with Gasteiger partial charge in [-0.05, 0) is 19.1 Å². The highest BCUT2D eigenvalue weighted by molar-refractivity contribution is 6.06. The Balaban J connectivity index is 2.15. The Morgan fingerprint density at radius 3 is 2.89 bits per heavy atom. The number of carbonyl (C=O) groups excluding carboxylic acids is 2. The van der Waals surface area contributed by atoms with E-state index < -0.39 is 5.97 Å². The molecule has 0 bridgehead atoms. The number of hydrogen-bond acceptors (Lipinski definition) is 5. The molecule has 2 aromatic rings. The van der Waals surface area contributed by atoms with Crippen molar-refractivity contribution in [2.75, 3.05) is 6.61 Å². The summed E-state index contributed by atoms with van der Waals surface area (Å²) >= 11 is 0. The van der Waals surface area contributed by atoms with Crippen LogP contribution < -0.4 is 0 Å². The van der Waals surface area contributed by atoms with E-state index in [1.807, 2.05) is 0 Å². The zero-order valence-electron chi connectivity index (χ0n) is 10.4. The lowest BCUT2D eigenvalue weighted by Gasteiger charge is -2.04. The number of benzene rings is 1. The van der Waals surface area contributed by atoms with Crippen LogP contribution in [0.15, 0.2) is 36.7 Å². The molecule has 0 aliphatic heterocycles. The number of Topliss-reactive ketones (excluding diaryl/α,β-unsaturated/α-hetero) is 1. The highest BCUT2D eigenvalue weighted by atomic mass is 16.5. The number of rotatable bonds is 5. The molecule has 6 heteroatoms. The summed E-state index contributed by atoms with van der Waals surface area (Å²) in [5.41, 5.74) is 1.16. The Morgan fingerprint density at radius 2 is 2.21 bits per heavy atom. The number of carbonyl (C=O) groups is 2. The Bertz CT molecular complexity index is 579. The predicted molar refractivity (Wildman–Crippen MR) is 66.9 cm³/mol. The van der Waals surface area contributed by atoms with Gasteiger partial charge in [0.25, 0.3) is 0 Å². The summed E-state index contributed by atoms with van der Waals surface area (Å²) in [7, 11) is 0. The molecule has 0 saturated heterocycles. The van der Waals surface area contributed by atoms with Crippen LogP contribution in [0, 0.1) is 0 Å². The molecule has 0 saturated carbocycles. The second kappa shape index (κ2) is 5.90. The monoisotopic (exact) mass is 259 g/mol. The molecule has 1 aromatic heterocycles. The van der Waals surface area contributed by atoms with Gasteiger partial charge < -0.3 is 4.74 Å².